The van der Waals surface area contributed by atoms with Crippen LogP contribution >= 0.6 is 69.6 Å². The summed E-state index contributed by atoms with van der Waals surface area (Å²) in [5, 5.41) is 46.3. The van der Waals surface area contributed by atoms with E-state index in [0.29, 0.717) is 72.2 Å². The fourth-order valence-electron chi connectivity index (χ4n) is 14.6. The molecule has 0 saturated heterocycles. The summed E-state index contributed by atoms with van der Waals surface area (Å²) in [7, 11) is 0. The summed E-state index contributed by atoms with van der Waals surface area (Å²) in [5.74, 6) is -1.87. The molecule has 3 heterocycles. The van der Waals surface area contributed by atoms with Gasteiger partial charge < -0.3 is 26.2 Å². The Morgan fingerprint density at radius 2 is 0.640 bits per heavy atom. The molecule has 582 valence electrons. The van der Waals surface area contributed by atoms with Crippen molar-refractivity contribution in [3.8, 4) is 17.1 Å². The van der Waals surface area contributed by atoms with Crippen LogP contribution in [0.1, 0.15) is 188 Å². The molecule has 14 nitrogen and oxygen atoms in total. The van der Waals surface area contributed by atoms with Gasteiger partial charge >= 0.3 is 0 Å². The van der Waals surface area contributed by atoms with Gasteiger partial charge in [0, 0.05) is 31.8 Å². The molecule has 12 aromatic rings. The number of nitrogens with zero attached hydrogens (tertiary/aromatic N) is 6. The Morgan fingerprint density at radius 3 is 0.904 bits per heavy atom. The van der Waals surface area contributed by atoms with Crippen LogP contribution in [0.25, 0.3) is 52.0 Å². The van der Waals surface area contributed by atoms with Crippen LogP contribution in [0.5, 0.6) is 0 Å². The summed E-state index contributed by atoms with van der Waals surface area (Å²) in [6.07, 6.45) is 16.6. The first kappa shape index (κ1) is 81.7. The lowest BCUT2D eigenvalue weighted by molar-refractivity contribution is 0.0902. The van der Waals surface area contributed by atoms with Crippen LogP contribution in [0, 0.1) is 17.5 Å². The van der Waals surface area contributed by atoms with E-state index < -0.39 is 12.1 Å². The first-order valence-corrected chi connectivity index (χ1v) is 40.0. The molecule has 3 aliphatic rings. The third-order valence-electron chi connectivity index (χ3n) is 20.2. The zero-order chi connectivity index (χ0) is 79.9. The summed E-state index contributed by atoms with van der Waals surface area (Å²) in [6, 6.07) is 61.8. The van der Waals surface area contributed by atoms with Crippen molar-refractivity contribution in [3.05, 3.63) is 350 Å². The van der Waals surface area contributed by atoms with Crippen LogP contribution in [0.4, 0.5) is 13.2 Å². The molecular formula is C91H80Cl6F3N9O5. The Labute approximate surface area is 689 Å². The molecule has 1 unspecified atom stereocenters. The monoisotopic (exact) mass is 1650 g/mol. The van der Waals surface area contributed by atoms with E-state index in [1.165, 1.54) is 36.4 Å². The zero-order valence-electron chi connectivity index (χ0n) is 62.1. The number of aromatic nitrogens is 6. The molecule has 3 aromatic heterocycles. The van der Waals surface area contributed by atoms with Crippen LogP contribution in [-0.4, -0.2) is 70.5 Å². The fraction of sp³-hybridized carbons (Fsp3) is 0.209. The minimum atomic E-state index is -0.580. The van der Waals surface area contributed by atoms with E-state index in [1.807, 2.05) is 122 Å². The highest BCUT2D eigenvalue weighted by Crippen LogP contribution is 2.42. The van der Waals surface area contributed by atoms with Crippen LogP contribution < -0.4 is 16.0 Å². The number of carbonyl (C=O) groups is 3. The highest BCUT2D eigenvalue weighted by molar-refractivity contribution is 6.37. The number of nitrogens with one attached hydrogen (secondary N) is 3. The van der Waals surface area contributed by atoms with E-state index in [4.69, 9.17) is 84.9 Å². The van der Waals surface area contributed by atoms with Gasteiger partial charge in [-0.05, 0) is 243 Å². The fourth-order valence-corrected chi connectivity index (χ4v) is 16.1. The summed E-state index contributed by atoms with van der Waals surface area (Å²) < 4.78 is 45.9. The Morgan fingerprint density at radius 1 is 0.377 bits per heavy atom. The molecule has 23 heteroatoms. The maximum absolute atomic E-state index is 13.8. The van der Waals surface area contributed by atoms with E-state index in [2.05, 4.69) is 16.0 Å². The van der Waals surface area contributed by atoms with Crippen molar-refractivity contribution >= 4 is 122 Å². The van der Waals surface area contributed by atoms with Crippen molar-refractivity contribution in [2.45, 2.75) is 109 Å². The lowest BCUT2D eigenvalue weighted by atomic mass is 10.0. The number of aliphatic hydroxyl groups is 2. The molecule has 0 saturated carbocycles. The normalized spacial score (nSPS) is 15.1. The topological polar surface area (TPSA) is 181 Å². The molecule has 3 atom stereocenters. The van der Waals surface area contributed by atoms with Crippen molar-refractivity contribution in [2.75, 3.05) is 13.2 Å². The van der Waals surface area contributed by atoms with Crippen molar-refractivity contribution in [2.24, 2.45) is 0 Å². The molecule has 0 aliphatic heterocycles. The molecule has 5 N–H and O–H groups in total. The first-order valence-electron chi connectivity index (χ1n) is 37.7. The van der Waals surface area contributed by atoms with E-state index in [9.17, 15) is 37.8 Å². The lowest BCUT2D eigenvalue weighted by Crippen LogP contribution is -2.31. The van der Waals surface area contributed by atoms with Crippen LogP contribution in [-0.2, 0) is 19.3 Å². The summed E-state index contributed by atoms with van der Waals surface area (Å²) in [6.45, 7) is 1.54. The van der Waals surface area contributed by atoms with Crippen molar-refractivity contribution in [1.29, 1.82) is 0 Å². The number of amides is 3. The highest BCUT2D eigenvalue weighted by Gasteiger charge is 2.34. The second kappa shape index (κ2) is 38.2. The highest BCUT2D eigenvalue weighted by atomic mass is 35.5. The summed E-state index contributed by atoms with van der Waals surface area (Å²) in [4.78, 5) is 41.0. The number of benzene rings is 9. The van der Waals surface area contributed by atoms with E-state index in [1.54, 1.807) is 99.0 Å². The third-order valence-corrected chi connectivity index (χ3v) is 21.8. The predicted molar refractivity (Wildman–Crippen MR) is 451 cm³/mol. The smallest absolute Gasteiger partial charge is 0.272 e. The molecule has 9 aromatic carbocycles. The van der Waals surface area contributed by atoms with Gasteiger partial charge in [-0.25, -0.2) is 27.2 Å². The third kappa shape index (κ3) is 19.5. The minimum Gasteiger partial charge on any atom is -0.394 e. The zero-order valence-corrected chi connectivity index (χ0v) is 66.6. The van der Waals surface area contributed by atoms with Crippen molar-refractivity contribution < 1.29 is 37.8 Å². The Hall–Kier alpha value is -10.3. The van der Waals surface area contributed by atoms with Gasteiger partial charge in [0.1, 0.15) is 17.5 Å². The van der Waals surface area contributed by atoms with Gasteiger partial charge in [0.2, 0.25) is 0 Å². The Kier molecular flexibility index (Phi) is 27.4. The quantitative estimate of drug-likeness (QED) is 0.0526. The number of carbonyl (C=O) groups excluding carboxylic acids is 3. The van der Waals surface area contributed by atoms with Gasteiger partial charge in [0.05, 0.1) is 80.6 Å². The largest absolute Gasteiger partial charge is 0.394 e. The molecule has 0 bridgehead atoms. The molecule has 0 fully saturated rings. The summed E-state index contributed by atoms with van der Waals surface area (Å²) in [5.41, 5.74) is 15.9. The number of rotatable bonds is 18. The maximum atomic E-state index is 13.8. The van der Waals surface area contributed by atoms with Gasteiger partial charge in [-0.2, -0.15) is 15.3 Å². The van der Waals surface area contributed by atoms with Gasteiger partial charge in [-0.1, -0.05) is 204 Å². The molecule has 3 amide bonds. The van der Waals surface area contributed by atoms with Crippen molar-refractivity contribution in [1.82, 2.24) is 45.3 Å². The van der Waals surface area contributed by atoms with Crippen LogP contribution in [0.15, 0.2) is 218 Å². The van der Waals surface area contributed by atoms with Gasteiger partial charge in [-0.15, -0.1) is 0 Å². The molecule has 3 aliphatic carbocycles. The van der Waals surface area contributed by atoms with Gasteiger partial charge in [-0.3, -0.25) is 14.4 Å². The average molecular weight is 1650 g/mol. The molecular weight excluding hydrogens is 1570 g/mol. The van der Waals surface area contributed by atoms with Crippen molar-refractivity contribution in [3.63, 3.8) is 0 Å². The molecule has 15 rings (SSSR count). The van der Waals surface area contributed by atoms with E-state index >= 15 is 0 Å². The van der Waals surface area contributed by atoms with Crippen LogP contribution in [0.3, 0.4) is 0 Å². The number of hydrogen-bond donors (Lipinski definition) is 5. The van der Waals surface area contributed by atoms with E-state index in [0.717, 1.165) is 148 Å². The number of halogens is 9. The number of allylic oxidation sites excluding steroid dienone is 3. The van der Waals surface area contributed by atoms with E-state index in [-0.39, 0.29) is 65.8 Å². The standard InChI is InChI=1S/C31H28Cl2FN3O.2C30H26Cl2FN3O2/c1-2-27(21-8-4-3-5-9-21)35-31(38)29-25-11-7-6-10-22(18-20-12-15-24(34)16-13-20)30(25)37(36-29)28-17-14-23(32)19-26(28)33;2*31-22-12-15-27(25(32)17-22)36-29-21(16-19-10-13-23(33)14-11-19)8-4-5-9-24(29)28(35-36)30(38)34-26(18-37)20-6-2-1-3-7-20/h3-5,8-9,12-19,27H,2,6-7,10-11H2,1H3,(H,35,38);2*1-3,6-7,10-17,26,37H,4-5,8-9,18H2,(H,34,38)/b22-18+;2*21-16+/t27-;26-;/m11./s1. The van der Waals surface area contributed by atoms with Gasteiger partial charge in [0.15, 0.2) is 17.1 Å². The second-order valence-corrected chi connectivity index (χ2v) is 30.4. The lowest BCUT2D eigenvalue weighted by Gasteiger charge is -2.17. The second-order valence-electron chi connectivity index (χ2n) is 27.9. The minimum absolute atomic E-state index is 0.136. The predicted octanol–water partition coefficient (Wildman–Crippen LogP) is 22.6. The van der Waals surface area contributed by atoms with Gasteiger partial charge in [0.25, 0.3) is 17.7 Å². The molecule has 0 spiro atoms. The average Bonchev–Trinajstić information content (AvgIpc) is 1.62. The number of fused-ring (bicyclic) bond motifs is 3. The SMILES string of the molecule is CC[C@@H](NC(=O)c1nn(-c2ccc(Cl)cc2Cl)c2c1CCCC/C2=C\c1ccc(F)cc1)c1ccccc1.O=C(NC(CO)c1ccccc1)c1nn(-c2ccc(Cl)cc2Cl)c2c1CCCC/C2=C\c1ccc(F)cc1.O=C(N[C@H](CO)c1ccccc1)c1nn(-c2ccc(Cl)cc2Cl)c2c1CCCC/C2=C\c1ccc(F)cc1. The summed E-state index contributed by atoms with van der Waals surface area (Å²) >= 11 is 38.4. The first-order chi connectivity index (χ1) is 55.3. The Bertz CT molecular complexity index is 4990. The number of hydrogen-bond acceptors (Lipinski definition) is 8. The maximum Gasteiger partial charge on any atom is 0.272 e. The molecule has 0 radical (unpaired) electrons. The Balaban J connectivity index is 0.000000149. The molecule has 114 heavy (non-hydrogen) atoms. The van der Waals surface area contributed by atoms with Crippen LogP contribution in [0.2, 0.25) is 30.1 Å². The number of aliphatic hydroxyl groups excluding tert-OH is 2.